The Bertz CT molecular complexity index is 931. The number of nitrogens with one attached hydrogen (secondary N) is 1. The minimum atomic E-state index is -0.108. The lowest BCUT2D eigenvalue weighted by Gasteiger charge is -2.08. The van der Waals surface area contributed by atoms with Crippen molar-refractivity contribution in [2.24, 2.45) is 0 Å². The minimum absolute atomic E-state index is 0.0643. The summed E-state index contributed by atoms with van der Waals surface area (Å²) in [5, 5.41) is 2.84. The molecule has 5 nitrogen and oxygen atoms in total. The van der Waals surface area contributed by atoms with Gasteiger partial charge in [0, 0.05) is 24.8 Å². The van der Waals surface area contributed by atoms with Crippen LogP contribution in [0.2, 0.25) is 0 Å². The largest absolute Gasteiger partial charge is 0.354 e. The van der Waals surface area contributed by atoms with Crippen LogP contribution >= 0.6 is 0 Å². The number of benzene rings is 2. The Balaban J connectivity index is 1.51. The highest BCUT2D eigenvalue weighted by molar-refractivity contribution is 5.78. The van der Waals surface area contributed by atoms with Crippen molar-refractivity contribution in [1.29, 1.82) is 0 Å². The second-order valence-electron chi connectivity index (χ2n) is 6.15. The quantitative estimate of drug-likeness (QED) is 0.745. The van der Waals surface area contributed by atoms with Gasteiger partial charge in [-0.2, -0.15) is 0 Å². The molecule has 2 aromatic carbocycles. The van der Waals surface area contributed by atoms with E-state index in [2.05, 4.69) is 22.4 Å². The van der Waals surface area contributed by atoms with Crippen molar-refractivity contribution in [2.45, 2.75) is 19.9 Å². The number of nitrogens with zero attached hydrogens (tertiary/aromatic N) is 2. The van der Waals surface area contributed by atoms with Gasteiger partial charge in [0.05, 0.1) is 12.7 Å². The zero-order chi connectivity index (χ0) is 18.4. The predicted octanol–water partition coefficient (Wildman–Crippen LogP) is 2.58. The average Bonchev–Trinajstić information content (AvgIpc) is 2.65. The molecule has 5 heteroatoms. The number of hydrogen-bond donors (Lipinski definition) is 1. The fourth-order valence-electron chi connectivity index (χ4n) is 2.69. The first kappa shape index (κ1) is 17.6. The molecule has 1 heterocycles. The Morgan fingerprint density at radius 1 is 1.04 bits per heavy atom. The van der Waals surface area contributed by atoms with Crippen LogP contribution in [0.4, 0.5) is 0 Å². The van der Waals surface area contributed by atoms with Crippen LogP contribution in [0.1, 0.15) is 11.3 Å². The van der Waals surface area contributed by atoms with Gasteiger partial charge in [-0.15, -0.1) is 0 Å². The summed E-state index contributed by atoms with van der Waals surface area (Å²) in [4.78, 5) is 27.9. The van der Waals surface area contributed by atoms with E-state index in [0.717, 1.165) is 16.7 Å². The number of aryl methyl sites for hydroxylation is 1. The van der Waals surface area contributed by atoms with Crippen LogP contribution in [0.15, 0.2) is 71.8 Å². The number of carbonyl (C=O) groups excluding carboxylic acids is 1. The molecule has 26 heavy (non-hydrogen) atoms. The summed E-state index contributed by atoms with van der Waals surface area (Å²) < 4.78 is 1.49. The first-order valence-corrected chi connectivity index (χ1v) is 8.56. The molecule has 0 aliphatic rings. The number of aromatic nitrogens is 2. The third-order valence-electron chi connectivity index (χ3n) is 4.12. The SMILES string of the molecule is Cc1cc(=O)n(CCNC(=O)Cc2ccc(-c3ccccc3)cc2)cn1. The highest BCUT2D eigenvalue weighted by Crippen LogP contribution is 2.19. The summed E-state index contributed by atoms with van der Waals surface area (Å²) in [6, 6.07) is 19.6. The van der Waals surface area contributed by atoms with Gasteiger partial charge < -0.3 is 5.32 Å². The van der Waals surface area contributed by atoms with Gasteiger partial charge in [0.25, 0.3) is 5.56 Å². The van der Waals surface area contributed by atoms with Gasteiger partial charge in [-0.05, 0) is 23.6 Å². The molecule has 132 valence electrons. The van der Waals surface area contributed by atoms with Gasteiger partial charge in [-0.1, -0.05) is 54.6 Å². The van der Waals surface area contributed by atoms with Crippen molar-refractivity contribution in [3.63, 3.8) is 0 Å². The van der Waals surface area contributed by atoms with Crippen LogP contribution in [0.25, 0.3) is 11.1 Å². The molecule has 0 aliphatic heterocycles. The zero-order valence-corrected chi connectivity index (χ0v) is 14.7. The molecule has 0 spiro atoms. The van der Waals surface area contributed by atoms with Crippen LogP contribution in [0.3, 0.4) is 0 Å². The molecular weight excluding hydrogens is 326 g/mol. The molecule has 0 saturated carbocycles. The van der Waals surface area contributed by atoms with E-state index in [1.54, 1.807) is 6.92 Å². The maximum absolute atomic E-state index is 12.1. The first-order chi connectivity index (χ1) is 12.6. The van der Waals surface area contributed by atoms with E-state index in [0.29, 0.717) is 25.2 Å². The lowest BCUT2D eigenvalue weighted by molar-refractivity contribution is -0.120. The summed E-state index contributed by atoms with van der Waals surface area (Å²) in [5.74, 6) is -0.0643. The summed E-state index contributed by atoms with van der Waals surface area (Å²) in [6.45, 7) is 2.58. The van der Waals surface area contributed by atoms with Crippen molar-refractivity contribution >= 4 is 5.91 Å². The molecular formula is C21H21N3O2. The summed E-state index contributed by atoms with van der Waals surface area (Å²) >= 11 is 0. The fourth-order valence-corrected chi connectivity index (χ4v) is 2.69. The minimum Gasteiger partial charge on any atom is -0.354 e. The van der Waals surface area contributed by atoms with E-state index >= 15 is 0 Å². The molecule has 0 fully saturated rings. The van der Waals surface area contributed by atoms with E-state index in [4.69, 9.17) is 0 Å². The van der Waals surface area contributed by atoms with Crippen LogP contribution in [-0.4, -0.2) is 22.0 Å². The molecule has 1 N–H and O–H groups in total. The molecule has 3 aromatic rings. The molecule has 0 saturated heterocycles. The molecule has 3 rings (SSSR count). The maximum atomic E-state index is 12.1. The van der Waals surface area contributed by atoms with Crippen LogP contribution < -0.4 is 10.9 Å². The van der Waals surface area contributed by atoms with Gasteiger partial charge in [0.2, 0.25) is 5.91 Å². The number of hydrogen-bond acceptors (Lipinski definition) is 3. The summed E-state index contributed by atoms with van der Waals surface area (Å²) in [7, 11) is 0. The van der Waals surface area contributed by atoms with Crippen molar-refractivity contribution in [1.82, 2.24) is 14.9 Å². The lowest BCUT2D eigenvalue weighted by Crippen LogP contribution is -2.31. The van der Waals surface area contributed by atoms with Gasteiger partial charge in [0.15, 0.2) is 0 Å². The third-order valence-corrected chi connectivity index (χ3v) is 4.12. The molecule has 0 bridgehead atoms. The number of amides is 1. The van der Waals surface area contributed by atoms with Crippen molar-refractivity contribution in [3.8, 4) is 11.1 Å². The van der Waals surface area contributed by atoms with E-state index in [1.165, 1.54) is 17.0 Å². The Morgan fingerprint density at radius 3 is 2.42 bits per heavy atom. The molecule has 1 aromatic heterocycles. The second-order valence-corrected chi connectivity index (χ2v) is 6.15. The van der Waals surface area contributed by atoms with Crippen molar-refractivity contribution < 1.29 is 4.79 Å². The Kier molecular flexibility index (Phi) is 5.59. The smallest absolute Gasteiger partial charge is 0.253 e. The van der Waals surface area contributed by atoms with Crippen molar-refractivity contribution in [2.75, 3.05) is 6.54 Å². The lowest BCUT2D eigenvalue weighted by atomic mass is 10.0. The topological polar surface area (TPSA) is 64.0 Å². The van der Waals surface area contributed by atoms with Gasteiger partial charge in [-0.3, -0.25) is 14.2 Å². The standard InChI is InChI=1S/C21H21N3O2/c1-16-13-21(26)24(15-23-16)12-11-22-20(25)14-17-7-9-19(10-8-17)18-5-3-2-4-6-18/h2-10,13,15H,11-12,14H2,1H3,(H,22,25). The van der Waals surface area contributed by atoms with Crippen LogP contribution in [-0.2, 0) is 17.8 Å². The Hall–Kier alpha value is -3.21. The molecule has 0 unspecified atom stereocenters. The summed E-state index contributed by atoms with van der Waals surface area (Å²) in [5.41, 5.74) is 3.82. The highest BCUT2D eigenvalue weighted by atomic mass is 16.1. The van der Waals surface area contributed by atoms with E-state index in [1.807, 2.05) is 42.5 Å². The number of carbonyl (C=O) groups is 1. The van der Waals surface area contributed by atoms with Gasteiger partial charge >= 0.3 is 0 Å². The molecule has 1 amide bonds. The third kappa shape index (κ3) is 4.66. The fraction of sp³-hybridized carbons (Fsp3) is 0.190. The van der Waals surface area contributed by atoms with Gasteiger partial charge in [0.1, 0.15) is 0 Å². The van der Waals surface area contributed by atoms with Gasteiger partial charge in [-0.25, -0.2) is 4.98 Å². The highest BCUT2D eigenvalue weighted by Gasteiger charge is 2.04. The predicted molar refractivity (Wildman–Crippen MR) is 102 cm³/mol. The Labute approximate surface area is 152 Å². The zero-order valence-electron chi connectivity index (χ0n) is 14.7. The van der Waals surface area contributed by atoms with E-state index < -0.39 is 0 Å². The monoisotopic (exact) mass is 347 g/mol. The maximum Gasteiger partial charge on any atom is 0.253 e. The average molecular weight is 347 g/mol. The van der Waals surface area contributed by atoms with Crippen LogP contribution in [0, 0.1) is 6.92 Å². The Morgan fingerprint density at radius 2 is 1.73 bits per heavy atom. The molecule has 0 atom stereocenters. The first-order valence-electron chi connectivity index (χ1n) is 8.56. The van der Waals surface area contributed by atoms with Crippen molar-refractivity contribution in [3.05, 3.63) is 88.6 Å². The number of rotatable bonds is 6. The van der Waals surface area contributed by atoms with E-state index in [-0.39, 0.29) is 11.5 Å². The molecule has 0 radical (unpaired) electrons. The van der Waals surface area contributed by atoms with Crippen LogP contribution in [0.5, 0.6) is 0 Å². The normalized spacial score (nSPS) is 10.5. The summed E-state index contributed by atoms with van der Waals surface area (Å²) in [6.07, 6.45) is 1.82. The molecule has 0 aliphatic carbocycles. The second kappa shape index (κ2) is 8.25. The van der Waals surface area contributed by atoms with E-state index in [9.17, 15) is 9.59 Å².